The van der Waals surface area contributed by atoms with E-state index >= 15 is 0 Å². The van der Waals surface area contributed by atoms with Crippen molar-refractivity contribution in [3.63, 3.8) is 0 Å². The number of amides is 1. The molecule has 1 saturated carbocycles. The molecule has 0 spiro atoms. The molecule has 2 fully saturated rings. The molecule has 40 heavy (non-hydrogen) atoms. The number of aromatic nitrogens is 2. The van der Waals surface area contributed by atoms with Crippen LogP contribution < -0.4 is 5.73 Å². The molecule has 12 heteroatoms. The van der Waals surface area contributed by atoms with E-state index < -0.39 is 46.5 Å². The third kappa shape index (κ3) is 10.6. The van der Waals surface area contributed by atoms with E-state index in [0.717, 1.165) is 12.1 Å². The SMILES string of the molecule is C1CC1.CC.CC1(Sc2cccc(C(F)(F)F)c2)CCOC(c2cc(CC(F)(F)F)nn2CC(C)(C)C(N)=O)C1. The number of benzene rings is 1. The number of carbonyl (C=O) groups is 1. The van der Waals surface area contributed by atoms with Crippen LogP contribution in [0.1, 0.15) is 89.8 Å². The maximum atomic E-state index is 13.1. The van der Waals surface area contributed by atoms with Crippen molar-refractivity contribution in [2.45, 2.75) is 108 Å². The summed E-state index contributed by atoms with van der Waals surface area (Å²) in [5.41, 5.74) is 3.77. The van der Waals surface area contributed by atoms with Crippen molar-refractivity contribution in [1.29, 1.82) is 0 Å². The Labute approximate surface area is 236 Å². The summed E-state index contributed by atoms with van der Waals surface area (Å²) in [6.07, 6.45) is -5.50. The minimum Gasteiger partial charge on any atom is -0.372 e. The van der Waals surface area contributed by atoms with Crippen LogP contribution in [-0.2, 0) is 28.7 Å². The maximum Gasteiger partial charge on any atom is 0.416 e. The molecule has 2 N–H and O–H groups in total. The molecule has 0 bridgehead atoms. The number of nitrogens with zero attached hydrogens (tertiary/aromatic N) is 2. The van der Waals surface area contributed by atoms with Crippen molar-refractivity contribution in [1.82, 2.24) is 9.78 Å². The van der Waals surface area contributed by atoms with Gasteiger partial charge in [-0.15, -0.1) is 11.8 Å². The molecule has 0 radical (unpaired) electrons. The highest BCUT2D eigenvalue weighted by molar-refractivity contribution is 8.00. The number of alkyl halides is 6. The Morgan fingerprint density at radius 1 is 1.12 bits per heavy atom. The van der Waals surface area contributed by atoms with Crippen LogP contribution in [-0.4, -0.2) is 33.2 Å². The van der Waals surface area contributed by atoms with Crippen LogP contribution in [0.15, 0.2) is 35.2 Å². The third-order valence-electron chi connectivity index (χ3n) is 6.23. The molecule has 2 heterocycles. The molecular weight excluding hydrogens is 556 g/mol. The second-order valence-corrected chi connectivity index (χ2v) is 12.4. The van der Waals surface area contributed by atoms with Gasteiger partial charge in [0.05, 0.1) is 35.3 Å². The normalized spacial score (nSPS) is 21.0. The Kier molecular flexibility index (Phi) is 11.6. The zero-order valence-corrected chi connectivity index (χ0v) is 24.4. The van der Waals surface area contributed by atoms with E-state index in [1.165, 1.54) is 47.8 Å². The zero-order chi connectivity index (χ0) is 30.4. The largest absolute Gasteiger partial charge is 0.416 e. The van der Waals surface area contributed by atoms with E-state index in [1.807, 2.05) is 20.8 Å². The van der Waals surface area contributed by atoms with Gasteiger partial charge in [-0.1, -0.05) is 39.2 Å². The van der Waals surface area contributed by atoms with Crippen LogP contribution in [0, 0.1) is 5.41 Å². The number of ether oxygens (including phenoxy) is 1. The fourth-order valence-corrected chi connectivity index (χ4v) is 5.21. The highest BCUT2D eigenvalue weighted by Gasteiger charge is 2.39. The van der Waals surface area contributed by atoms with Crippen LogP contribution in [0.4, 0.5) is 26.3 Å². The van der Waals surface area contributed by atoms with Crippen molar-refractivity contribution in [2.75, 3.05) is 6.61 Å². The number of halogens is 6. The van der Waals surface area contributed by atoms with Gasteiger partial charge in [-0.25, -0.2) is 0 Å². The van der Waals surface area contributed by atoms with Gasteiger partial charge in [0.25, 0.3) is 0 Å². The summed E-state index contributed by atoms with van der Waals surface area (Å²) >= 11 is 1.27. The van der Waals surface area contributed by atoms with Crippen molar-refractivity contribution in [3.8, 4) is 0 Å². The van der Waals surface area contributed by atoms with Crippen LogP contribution in [0.3, 0.4) is 0 Å². The molecule has 1 aliphatic carbocycles. The Morgan fingerprint density at radius 3 is 2.27 bits per heavy atom. The summed E-state index contributed by atoms with van der Waals surface area (Å²) in [5, 5.41) is 4.09. The van der Waals surface area contributed by atoms with Gasteiger partial charge in [-0.05, 0) is 57.9 Å². The van der Waals surface area contributed by atoms with E-state index in [4.69, 9.17) is 10.5 Å². The molecule has 1 aliphatic heterocycles. The Morgan fingerprint density at radius 2 is 1.75 bits per heavy atom. The second-order valence-electron chi connectivity index (χ2n) is 10.7. The first-order valence-electron chi connectivity index (χ1n) is 13.4. The predicted octanol–water partition coefficient (Wildman–Crippen LogP) is 8.12. The number of thioether (sulfide) groups is 1. The standard InChI is InChI=1S/C23H27F6N3O2S.C3H6.C2H6/c1-20(2,19(30)33)13-32-17(10-15(31-32)11-22(24,25)26)18-12-21(3,7-8-34-18)35-16-6-4-5-14(9-16)23(27,28)29;1-2-3-1;1-2/h4-6,9-10,18H,7-8,11-13H2,1-3H3,(H2,30,33);1-3H2;1-2H3. The maximum absolute atomic E-state index is 13.1. The summed E-state index contributed by atoms with van der Waals surface area (Å²) in [4.78, 5) is 12.3. The molecule has 1 saturated heterocycles. The van der Waals surface area contributed by atoms with Crippen molar-refractivity contribution >= 4 is 17.7 Å². The first kappa shape index (κ1) is 34.0. The lowest BCUT2D eigenvalue weighted by Crippen LogP contribution is -2.37. The zero-order valence-electron chi connectivity index (χ0n) is 23.6. The number of carbonyl (C=O) groups excluding carboxylic acids is 1. The molecule has 2 unspecified atom stereocenters. The molecule has 2 atom stereocenters. The first-order valence-corrected chi connectivity index (χ1v) is 14.2. The van der Waals surface area contributed by atoms with Crippen LogP contribution >= 0.6 is 11.8 Å². The van der Waals surface area contributed by atoms with E-state index in [1.54, 1.807) is 19.9 Å². The summed E-state index contributed by atoms with van der Waals surface area (Å²) in [7, 11) is 0. The van der Waals surface area contributed by atoms with Crippen molar-refractivity contribution in [2.24, 2.45) is 11.1 Å². The van der Waals surface area contributed by atoms with Gasteiger partial charge in [0, 0.05) is 16.2 Å². The van der Waals surface area contributed by atoms with Crippen molar-refractivity contribution in [3.05, 3.63) is 47.3 Å². The van der Waals surface area contributed by atoms with Gasteiger partial charge in [-0.2, -0.15) is 31.4 Å². The molecular formula is C28H39F6N3O2S. The predicted molar refractivity (Wildman–Crippen MR) is 144 cm³/mol. The average molecular weight is 596 g/mol. The van der Waals surface area contributed by atoms with Gasteiger partial charge < -0.3 is 10.5 Å². The molecule has 226 valence electrons. The van der Waals surface area contributed by atoms with Crippen LogP contribution in [0.25, 0.3) is 0 Å². The lowest BCUT2D eigenvalue weighted by Gasteiger charge is -2.38. The molecule has 1 amide bonds. The van der Waals surface area contributed by atoms with E-state index in [9.17, 15) is 31.1 Å². The summed E-state index contributed by atoms with van der Waals surface area (Å²) in [5.74, 6) is -0.633. The van der Waals surface area contributed by atoms with E-state index in [0.29, 0.717) is 23.4 Å². The van der Waals surface area contributed by atoms with Crippen LogP contribution in [0.5, 0.6) is 0 Å². The fourth-order valence-electron chi connectivity index (χ4n) is 3.89. The Hall–Kier alpha value is -2.21. The van der Waals surface area contributed by atoms with E-state index in [2.05, 4.69) is 5.10 Å². The quantitative estimate of drug-likeness (QED) is 0.328. The van der Waals surface area contributed by atoms with E-state index in [-0.39, 0.29) is 18.8 Å². The molecule has 1 aromatic carbocycles. The van der Waals surface area contributed by atoms with Gasteiger partial charge in [0.15, 0.2) is 0 Å². The monoisotopic (exact) mass is 595 g/mol. The first-order chi connectivity index (χ1) is 18.5. The molecule has 1 aromatic heterocycles. The summed E-state index contributed by atoms with van der Waals surface area (Å²) in [6.45, 7) is 9.23. The minimum absolute atomic E-state index is 0.0487. The number of hydrogen-bond acceptors (Lipinski definition) is 4. The number of hydrogen-bond donors (Lipinski definition) is 1. The van der Waals surface area contributed by atoms with Crippen molar-refractivity contribution < 1.29 is 35.9 Å². The Balaban J connectivity index is 0.00000103. The van der Waals surface area contributed by atoms with Gasteiger partial charge in [-0.3, -0.25) is 9.48 Å². The lowest BCUT2D eigenvalue weighted by atomic mass is 9.91. The minimum atomic E-state index is -4.48. The second kappa shape index (κ2) is 13.6. The lowest BCUT2D eigenvalue weighted by molar-refractivity contribution is -0.137. The third-order valence-corrected chi connectivity index (χ3v) is 7.58. The summed E-state index contributed by atoms with van der Waals surface area (Å²) in [6, 6.07) is 6.34. The van der Waals surface area contributed by atoms with Gasteiger partial charge in [0.2, 0.25) is 5.91 Å². The number of primary amides is 1. The molecule has 4 rings (SSSR count). The summed E-state index contributed by atoms with van der Waals surface area (Å²) < 4.78 is 85.2. The Bertz CT molecular complexity index is 1110. The highest BCUT2D eigenvalue weighted by atomic mass is 32.2. The molecule has 5 nitrogen and oxygen atoms in total. The number of rotatable bonds is 7. The molecule has 2 aliphatic rings. The van der Waals surface area contributed by atoms with Gasteiger partial charge in [0.1, 0.15) is 6.10 Å². The van der Waals surface area contributed by atoms with Gasteiger partial charge >= 0.3 is 12.4 Å². The fraction of sp³-hybridized carbons (Fsp3) is 0.643. The topological polar surface area (TPSA) is 70.1 Å². The highest BCUT2D eigenvalue weighted by Crippen LogP contribution is 2.47. The van der Waals surface area contributed by atoms with Crippen LogP contribution in [0.2, 0.25) is 0 Å². The number of nitrogens with two attached hydrogens (primary N) is 1. The smallest absolute Gasteiger partial charge is 0.372 e. The molecule has 2 aromatic rings. The average Bonchev–Trinajstić information content (AvgIpc) is 3.67.